The van der Waals surface area contributed by atoms with Gasteiger partial charge in [0.25, 0.3) is 0 Å². The fraction of sp³-hybridized carbons (Fsp3) is 0.600. The third-order valence-corrected chi connectivity index (χ3v) is 4.03. The van der Waals surface area contributed by atoms with E-state index < -0.39 is 0 Å². The van der Waals surface area contributed by atoms with Gasteiger partial charge in [-0.2, -0.15) is 0 Å². The molecule has 0 bridgehead atoms. The summed E-state index contributed by atoms with van der Waals surface area (Å²) in [5.74, 6) is 0.602. The Hall–Kier alpha value is -1.42. The summed E-state index contributed by atoms with van der Waals surface area (Å²) in [4.78, 5) is 16.7. The van der Waals surface area contributed by atoms with Crippen molar-refractivity contribution in [1.82, 2.24) is 4.98 Å². The summed E-state index contributed by atoms with van der Waals surface area (Å²) >= 11 is 0. The number of rotatable bonds is 4. The van der Waals surface area contributed by atoms with E-state index >= 15 is 0 Å². The zero-order valence-corrected chi connectivity index (χ0v) is 11.7. The molecular weight excluding hydrogens is 240 g/mol. The van der Waals surface area contributed by atoms with Crippen LogP contribution in [0.2, 0.25) is 0 Å². The lowest BCUT2D eigenvalue weighted by atomic mass is 9.82. The molecule has 104 valence electrons. The van der Waals surface area contributed by atoms with Gasteiger partial charge >= 0.3 is 0 Å². The predicted octanol–water partition coefficient (Wildman–Crippen LogP) is 2.75. The molecule has 4 nitrogen and oxygen atoms in total. The maximum Gasteiger partial charge on any atom is 0.195 e. The van der Waals surface area contributed by atoms with E-state index in [-0.39, 0.29) is 11.9 Å². The molecule has 0 saturated heterocycles. The number of hydrogen-bond acceptors (Lipinski definition) is 4. The van der Waals surface area contributed by atoms with E-state index in [2.05, 4.69) is 4.98 Å². The van der Waals surface area contributed by atoms with Crippen LogP contribution >= 0.6 is 0 Å². The maximum absolute atomic E-state index is 12.7. The summed E-state index contributed by atoms with van der Waals surface area (Å²) < 4.78 is 5.48. The zero-order chi connectivity index (χ0) is 13.8. The lowest BCUT2D eigenvalue weighted by Crippen LogP contribution is -2.34. The van der Waals surface area contributed by atoms with E-state index in [0.717, 1.165) is 18.4 Å². The summed E-state index contributed by atoms with van der Waals surface area (Å²) in [5, 5.41) is 0. The lowest BCUT2D eigenvalue weighted by molar-refractivity contribution is 0.0314. The number of ether oxygens (including phenoxy) is 1. The highest BCUT2D eigenvalue weighted by atomic mass is 16.5. The topological polar surface area (TPSA) is 65.2 Å². The van der Waals surface area contributed by atoms with Gasteiger partial charge in [0.05, 0.1) is 5.56 Å². The SMILES string of the molecule is COC(C(=O)c1c(C)ccnc1N)C1CCCCC1. The number of aromatic nitrogens is 1. The third-order valence-electron chi connectivity index (χ3n) is 4.03. The van der Waals surface area contributed by atoms with Gasteiger partial charge in [0.15, 0.2) is 5.78 Å². The number of aryl methyl sites for hydroxylation is 1. The summed E-state index contributed by atoms with van der Waals surface area (Å²) in [7, 11) is 1.61. The van der Waals surface area contributed by atoms with Crippen molar-refractivity contribution < 1.29 is 9.53 Å². The smallest absolute Gasteiger partial charge is 0.195 e. The van der Waals surface area contributed by atoms with Crippen molar-refractivity contribution in [2.24, 2.45) is 5.92 Å². The van der Waals surface area contributed by atoms with E-state index in [4.69, 9.17) is 10.5 Å². The van der Waals surface area contributed by atoms with Crippen molar-refractivity contribution in [3.63, 3.8) is 0 Å². The first-order valence-electron chi connectivity index (χ1n) is 6.93. The van der Waals surface area contributed by atoms with Crippen LogP contribution in [0.1, 0.15) is 48.0 Å². The van der Waals surface area contributed by atoms with E-state index in [0.29, 0.717) is 17.3 Å². The first kappa shape index (κ1) is 14.0. The second kappa shape index (κ2) is 6.15. The van der Waals surface area contributed by atoms with Crippen molar-refractivity contribution in [3.8, 4) is 0 Å². The number of pyridine rings is 1. The molecular formula is C15H22N2O2. The number of carbonyl (C=O) groups excluding carboxylic acids is 1. The number of nitrogens with two attached hydrogens (primary N) is 1. The van der Waals surface area contributed by atoms with E-state index in [1.165, 1.54) is 19.3 Å². The predicted molar refractivity (Wildman–Crippen MR) is 75.1 cm³/mol. The van der Waals surface area contributed by atoms with Crippen molar-refractivity contribution in [2.45, 2.75) is 45.1 Å². The second-order valence-electron chi connectivity index (χ2n) is 5.31. The van der Waals surface area contributed by atoms with Crippen LogP contribution < -0.4 is 5.73 Å². The number of ketones is 1. The van der Waals surface area contributed by atoms with Gasteiger partial charge in [0.2, 0.25) is 0 Å². The van der Waals surface area contributed by atoms with Crippen molar-refractivity contribution in [3.05, 3.63) is 23.4 Å². The van der Waals surface area contributed by atoms with Crippen LogP contribution in [0, 0.1) is 12.8 Å². The molecule has 0 spiro atoms. The van der Waals surface area contributed by atoms with E-state index in [1.807, 2.05) is 13.0 Å². The standard InChI is InChI=1S/C15H22N2O2/c1-10-8-9-17-15(16)12(10)13(18)14(19-2)11-6-4-3-5-7-11/h8-9,11,14H,3-7H2,1-2H3,(H2,16,17). The zero-order valence-electron chi connectivity index (χ0n) is 11.7. The lowest BCUT2D eigenvalue weighted by Gasteiger charge is -2.28. The Labute approximate surface area is 114 Å². The van der Waals surface area contributed by atoms with Gasteiger partial charge in [-0.3, -0.25) is 4.79 Å². The Morgan fingerprint density at radius 1 is 1.42 bits per heavy atom. The normalized spacial score (nSPS) is 18.2. The average molecular weight is 262 g/mol. The number of carbonyl (C=O) groups is 1. The van der Waals surface area contributed by atoms with Gasteiger partial charge in [-0.15, -0.1) is 0 Å². The van der Waals surface area contributed by atoms with Crippen LogP contribution in [0.15, 0.2) is 12.3 Å². The molecule has 0 amide bonds. The molecule has 4 heteroatoms. The Bertz CT molecular complexity index is 433. The van der Waals surface area contributed by atoms with Crippen LogP contribution in [0.25, 0.3) is 0 Å². The fourth-order valence-corrected chi connectivity index (χ4v) is 2.99. The minimum absolute atomic E-state index is 0.0162. The first-order valence-corrected chi connectivity index (χ1v) is 6.93. The number of hydrogen-bond donors (Lipinski definition) is 1. The van der Waals surface area contributed by atoms with Crippen LogP contribution in [0.3, 0.4) is 0 Å². The van der Waals surface area contributed by atoms with Gasteiger partial charge in [0, 0.05) is 13.3 Å². The van der Waals surface area contributed by atoms with Crippen molar-refractivity contribution in [2.75, 3.05) is 12.8 Å². The van der Waals surface area contributed by atoms with E-state index in [9.17, 15) is 4.79 Å². The summed E-state index contributed by atoms with van der Waals surface area (Å²) in [6, 6.07) is 1.82. The highest BCUT2D eigenvalue weighted by molar-refractivity contribution is 6.04. The number of nitrogens with zero attached hydrogens (tertiary/aromatic N) is 1. The molecule has 1 fully saturated rings. The van der Waals surface area contributed by atoms with Gasteiger partial charge < -0.3 is 10.5 Å². The molecule has 2 N–H and O–H groups in total. The van der Waals surface area contributed by atoms with Crippen LogP contribution in [0.4, 0.5) is 5.82 Å². The molecule has 0 radical (unpaired) electrons. The minimum Gasteiger partial charge on any atom is -0.383 e. The molecule has 1 saturated carbocycles. The van der Waals surface area contributed by atoms with Gasteiger partial charge in [0.1, 0.15) is 11.9 Å². The maximum atomic E-state index is 12.7. The second-order valence-corrected chi connectivity index (χ2v) is 5.31. The first-order chi connectivity index (χ1) is 9.15. The number of nitrogen functional groups attached to an aromatic ring is 1. The van der Waals surface area contributed by atoms with Crippen molar-refractivity contribution in [1.29, 1.82) is 0 Å². The van der Waals surface area contributed by atoms with E-state index in [1.54, 1.807) is 13.3 Å². The number of methoxy groups -OCH3 is 1. The number of Topliss-reactive ketones (excluding diaryl/α,β-unsaturated/α-hetero) is 1. The van der Waals surface area contributed by atoms with Gasteiger partial charge in [-0.1, -0.05) is 19.3 Å². The molecule has 1 aromatic heterocycles. The molecule has 1 atom stereocenters. The summed E-state index contributed by atoms with van der Waals surface area (Å²) in [6.45, 7) is 1.89. The Balaban J connectivity index is 2.25. The molecule has 1 heterocycles. The number of anilines is 1. The van der Waals surface area contributed by atoms with Gasteiger partial charge in [-0.05, 0) is 37.3 Å². The molecule has 1 aromatic rings. The summed E-state index contributed by atoms with van der Waals surface area (Å²) in [5.41, 5.74) is 7.26. The Morgan fingerprint density at radius 3 is 2.68 bits per heavy atom. The Kier molecular flexibility index (Phi) is 4.53. The fourth-order valence-electron chi connectivity index (χ4n) is 2.99. The molecule has 0 aromatic carbocycles. The van der Waals surface area contributed by atoms with Crippen LogP contribution in [-0.4, -0.2) is 24.0 Å². The summed E-state index contributed by atoms with van der Waals surface area (Å²) in [6.07, 6.45) is 6.98. The van der Waals surface area contributed by atoms with Crippen LogP contribution in [-0.2, 0) is 4.74 Å². The van der Waals surface area contributed by atoms with Crippen LogP contribution in [0.5, 0.6) is 0 Å². The molecule has 2 rings (SSSR count). The third kappa shape index (κ3) is 2.95. The minimum atomic E-state index is -0.384. The molecule has 1 aliphatic rings. The highest BCUT2D eigenvalue weighted by Gasteiger charge is 2.32. The highest BCUT2D eigenvalue weighted by Crippen LogP contribution is 2.30. The largest absolute Gasteiger partial charge is 0.383 e. The Morgan fingerprint density at radius 2 is 2.11 bits per heavy atom. The molecule has 1 aliphatic carbocycles. The molecule has 1 unspecified atom stereocenters. The molecule has 0 aliphatic heterocycles. The monoisotopic (exact) mass is 262 g/mol. The molecule has 19 heavy (non-hydrogen) atoms. The quantitative estimate of drug-likeness (QED) is 0.847. The van der Waals surface area contributed by atoms with Gasteiger partial charge in [-0.25, -0.2) is 4.98 Å². The average Bonchev–Trinajstić information content (AvgIpc) is 2.40. The van der Waals surface area contributed by atoms with Crippen molar-refractivity contribution >= 4 is 11.6 Å².